The van der Waals surface area contributed by atoms with Gasteiger partial charge in [-0.25, -0.2) is 9.97 Å². The van der Waals surface area contributed by atoms with E-state index in [9.17, 15) is 0 Å². The molecule has 0 spiro atoms. The van der Waals surface area contributed by atoms with Crippen LogP contribution in [0.3, 0.4) is 0 Å². The first kappa shape index (κ1) is 39.3. The molecule has 0 N–H and O–H groups in total. The van der Waals surface area contributed by atoms with E-state index < -0.39 is 0 Å². The molecule has 5 nitrogen and oxygen atoms in total. The number of hydrogen-bond donors (Lipinski definition) is 0. The first-order chi connectivity index (χ1) is 32.0. The summed E-state index contributed by atoms with van der Waals surface area (Å²) in [4.78, 5) is 14.8. The van der Waals surface area contributed by atoms with Crippen molar-refractivity contribution in [2.75, 3.05) is 9.80 Å². The Hall–Kier alpha value is -8.54. The summed E-state index contributed by atoms with van der Waals surface area (Å²) in [5.74, 6) is 0.699. The Labute approximate surface area is 379 Å². The average Bonchev–Trinajstić information content (AvgIpc) is 3.69. The van der Waals surface area contributed by atoms with Crippen LogP contribution in [-0.2, 0) is 0 Å². The SMILES string of the molecule is Cc1ccc(N(c2ccccc2)c2ccc3c(c2)c2cc(N(c4ccccc4)c4ccc(C)cc4)ccc2n3-c2ccc(-c3cc(-c4ccccc4)nc(-c4ccccc4)n3)cc2)cc1. The zero-order valence-electron chi connectivity index (χ0n) is 36.3. The van der Waals surface area contributed by atoms with Crippen LogP contribution >= 0.6 is 0 Å². The normalized spacial score (nSPS) is 11.2. The molecule has 11 rings (SSSR count). The third kappa shape index (κ3) is 7.70. The summed E-state index contributed by atoms with van der Waals surface area (Å²) < 4.78 is 2.39. The van der Waals surface area contributed by atoms with Crippen LogP contribution in [0.15, 0.2) is 237 Å². The average molecular weight is 836 g/mol. The van der Waals surface area contributed by atoms with E-state index in [1.54, 1.807) is 0 Å². The molecule has 0 fully saturated rings. The summed E-state index contributed by atoms with van der Waals surface area (Å²) in [6, 6.07) is 84.0. The highest BCUT2D eigenvalue weighted by Crippen LogP contribution is 2.43. The lowest BCUT2D eigenvalue weighted by atomic mass is 10.1. The molecule has 5 heteroatoms. The van der Waals surface area contributed by atoms with E-state index in [2.05, 4.69) is 241 Å². The van der Waals surface area contributed by atoms with E-state index >= 15 is 0 Å². The van der Waals surface area contributed by atoms with Gasteiger partial charge in [-0.15, -0.1) is 0 Å². The highest BCUT2D eigenvalue weighted by atomic mass is 15.1. The zero-order valence-corrected chi connectivity index (χ0v) is 36.3. The van der Waals surface area contributed by atoms with Gasteiger partial charge in [0.15, 0.2) is 5.82 Å². The fraction of sp³-hybridized carbons (Fsp3) is 0.0333. The van der Waals surface area contributed by atoms with E-state index in [4.69, 9.17) is 9.97 Å². The number of benzene rings is 9. The van der Waals surface area contributed by atoms with Crippen molar-refractivity contribution in [1.29, 1.82) is 0 Å². The van der Waals surface area contributed by atoms with Crippen LogP contribution in [-0.4, -0.2) is 14.5 Å². The van der Waals surface area contributed by atoms with Crippen molar-refractivity contribution in [3.8, 4) is 39.6 Å². The third-order valence-corrected chi connectivity index (χ3v) is 12.1. The summed E-state index contributed by atoms with van der Waals surface area (Å²) in [6.45, 7) is 4.27. The maximum atomic E-state index is 5.13. The van der Waals surface area contributed by atoms with Gasteiger partial charge in [-0.2, -0.15) is 0 Å². The van der Waals surface area contributed by atoms with E-state index in [0.29, 0.717) is 5.82 Å². The van der Waals surface area contributed by atoms with Gasteiger partial charge in [0.2, 0.25) is 0 Å². The molecule has 0 radical (unpaired) electrons. The van der Waals surface area contributed by atoms with Crippen molar-refractivity contribution in [3.05, 3.63) is 248 Å². The Morgan fingerprint density at radius 3 is 1.14 bits per heavy atom. The molecular weight excluding hydrogens is 791 g/mol. The Morgan fingerprint density at radius 1 is 0.323 bits per heavy atom. The first-order valence-corrected chi connectivity index (χ1v) is 22.1. The Kier molecular flexibility index (Phi) is 10.3. The van der Waals surface area contributed by atoms with Crippen LogP contribution in [0.2, 0.25) is 0 Å². The maximum Gasteiger partial charge on any atom is 0.160 e. The summed E-state index contributed by atoms with van der Waals surface area (Å²) in [7, 11) is 0. The maximum absolute atomic E-state index is 5.13. The number of para-hydroxylation sites is 2. The monoisotopic (exact) mass is 835 g/mol. The fourth-order valence-corrected chi connectivity index (χ4v) is 8.84. The Balaban J connectivity index is 1.09. The lowest BCUT2D eigenvalue weighted by Gasteiger charge is -2.26. The molecule has 310 valence electrons. The predicted octanol–water partition coefficient (Wildman–Crippen LogP) is 16.1. The Morgan fingerprint density at radius 2 is 0.692 bits per heavy atom. The molecule has 0 aliphatic heterocycles. The molecule has 0 bridgehead atoms. The quantitative estimate of drug-likeness (QED) is 0.138. The van der Waals surface area contributed by atoms with Gasteiger partial charge in [-0.3, -0.25) is 0 Å². The van der Waals surface area contributed by atoms with Crippen molar-refractivity contribution in [2.24, 2.45) is 0 Å². The second-order valence-electron chi connectivity index (χ2n) is 16.5. The molecule has 0 unspecified atom stereocenters. The highest BCUT2D eigenvalue weighted by Gasteiger charge is 2.21. The van der Waals surface area contributed by atoms with Crippen LogP contribution in [0.5, 0.6) is 0 Å². The minimum atomic E-state index is 0.699. The second-order valence-corrected chi connectivity index (χ2v) is 16.5. The lowest BCUT2D eigenvalue weighted by Crippen LogP contribution is -2.10. The Bertz CT molecular complexity index is 3200. The first-order valence-electron chi connectivity index (χ1n) is 22.1. The molecule has 0 aliphatic carbocycles. The van der Waals surface area contributed by atoms with Gasteiger partial charge in [-0.05, 0) is 117 Å². The third-order valence-electron chi connectivity index (χ3n) is 12.1. The minimum absolute atomic E-state index is 0.699. The predicted molar refractivity (Wildman–Crippen MR) is 272 cm³/mol. The molecule has 0 amide bonds. The van der Waals surface area contributed by atoms with Crippen LogP contribution in [0.25, 0.3) is 61.4 Å². The number of anilines is 6. The van der Waals surface area contributed by atoms with Crippen LogP contribution in [0, 0.1) is 13.8 Å². The number of aryl methyl sites for hydroxylation is 2. The summed E-state index contributed by atoms with van der Waals surface area (Å²) in [5, 5.41) is 2.31. The zero-order chi connectivity index (χ0) is 43.7. The van der Waals surface area contributed by atoms with Crippen molar-refractivity contribution < 1.29 is 0 Å². The summed E-state index contributed by atoms with van der Waals surface area (Å²) >= 11 is 0. The number of nitrogens with zero attached hydrogens (tertiary/aromatic N) is 5. The highest BCUT2D eigenvalue weighted by molar-refractivity contribution is 6.12. The van der Waals surface area contributed by atoms with E-state index in [1.807, 2.05) is 24.3 Å². The fourth-order valence-electron chi connectivity index (χ4n) is 8.84. The van der Waals surface area contributed by atoms with Crippen molar-refractivity contribution >= 4 is 55.9 Å². The molecule has 0 aliphatic rings. The number of aromatic nitrogens is 3. The molecular formula is C60H45N5. The minimum Gasteiger partial charge on any atom is -0.310 e. The van der Waals surface area contributed by atoms with Gasteiger partial charge in [-0.1, -0.05) is 145 Å². The van der Waals surface area contributed by atoms with Gasteiger partial charge in [0.1, 0.15) is 0 Å². The van der Waals surface area contributed by atoms with Gasteiger partial charge in [0.25, 0.3) is 0 Å². The molecule has 0 saturated carbocycles. The molecule has 0 atom stereocenters. The molecule has 11 aromatic rings. The van der Waals surface area contributed by atoms with Crippen LogP contribution in [0.1, 0.15) is 11.1 Å². The number of fused-ring (bicyclic) bond motifs is 3. The standard InChI is InChI=1S/C60H45N5/c1-42-23-29-49(30-24-42)63(47-19-11-5-12-20-47)52-35-37-58-54(39-52)55-40-53(64(48-21-13-6-14-22-48)50-31-25-43(2)26-32-50)36-38-59(55)65(58)51-33-27-45(28-34-51)57-41-56(44-15-7-3-8-16-44)61-60(62-57)46-17-9-4-10-18-46/h3-41H,1-2H3. The molecule has 9 aromatic carbocycles. The van der Waals surface area contributed by atoms with Crippen molar-refractivity contribution in [2.45, 2.75) is 13.8 Å². The van der Waals surface area contributed by atoms with E-state index in [0.717, 1.165) is 89.7 Å². The van der Waals surface area contributed by atoms with Crippen molar-refractivity contribution in [3.63, 3.8) is 0 Å². The van der Waals surface area contributed by atoms with Crippen LogP contribution in [0.4, 0.5) is 34.1 Å². The molecule has 2 aromatic heterocycles. The smallest absolute Gasteiger partial charge is 0.160 e. The summed E-state index contributed by atoms with van der Waals surface area (Å²) in [6.07, 6.45) is 0. The summed E-state index contributed by atoms with van der Waals surface area (Å²) in [5.41, 5.74) is 17.1. The number of rotatable bonds is 10. The number of hydrogen-bond acceptors (Lipinski definition) is 4. The molecule has 0 saturated heterocycles. The van der Waals surface area contributed by atoms with Crippen molar-refractivity contribution in [1.82, 2.24) is 14.5 Å². The van der Waals surface area contributed by atoms with Crippen LogP contribution < -0.4 is 9.80 Å². The van der Waals surface area contributed by atoms with Gasteiger partial charge < -0.3 is 14.4 Å². The largest absolute Gasteiger partial charge is 0.310 e. The van der Waals surface area contributed by atoms with Gasteiger partial charge >= 0.3 is 0 Å². The molecule has 2 heterocycles. The van der Waals surface area contributed by atoms with E-state index in [-0.39, 0.29) is 0 Å². The van der Waals surface area contributed by atoms with Gasteiger partial charge in [0, 0.05) is 67.3 Å². The van der Waals surface area contributed by atoms with Gasteiger partial charge in [0.05, 0.1) is 22.4 Å². The topological polar surface area (TPSA) is 37.2 Å². The lowest BCUT2D eigenvalue weighted by molar-refractivity contribution is 1.17. The second kappa shape index (κ2) is 17.0. The van der Waals surface area contributed by atoms with E-state index in [1.165, 1.54) is 11.1 Å². The molecule has 65 heavy (non-hydrogen) atoms.